The minimum atomic E-state index is -4.79. The van der Waals surface area contributed by atoms with Gasteiger partial charge in [0, 0.05) is 51.3 Å². The molecule has 0 saturated carbocycles. The molecule has 5 heterocycles. The molecule has 0 radical (unpaired) electrons. The highest BCUT2D eigenvalue weighted by molar-refractivity contribution is 6.34. The van der Waals surface area contributed by atoms with Crippen molar-refractivity contribution in [1.82, 2.24) is 39.5 Å². The van der Waals surface area contributed by atoms with Gasteiger partial charge >= 0.3 is 6.18 Å². The minimum Gasteiger partial charge on any atom is -0.360 e. The summed E-state index contributed by atoms with van der Waals surface area (Å²) < 4.78 is 44.4. The summed E-state index contributed by atoms with van der Waals surface area (Å²) in [7, 11) is 1.43. The van der Waals surface area contributed by atoms with E-state index in [4.69, 9.17) is 11.6 Å². The van der Waals surface area contributed by atoms with Gasteiger partial charge in [0.05, 0.1) is 39.1 Å². The maximum absolute atomic E-state index is 14.0. The van der Waals surface area contributed by atoms with Gasteiger partial charge in [0.25, 0.3) is 11.8 Å². The van der Waals surface area contributed by atoms with Crippen molar-refractivity contribution in [3.8, 4) is 17.1 Å². The Morgan fingerprint density at radius 1 is 1.10 bits per heavy atom. The normalized spacial score (nSPS) is 14.0. The Balaban J connectivity index is 1.26. The third-order valence-corrected chi connectivity index (χ3v) is 7.25. The average Bonchev–Trinajstić information content (AvgIpc) is 3.71. The van der Waals surface area contributed by atoms with E-state index in [9.17, 15) is 22.8 Å². The van der Waals surface area contributed by atoms with Crippen molar-refractivity contribution < 1.29 is 22.8 Å². The predicted molar refractivity (Wildman–Crippen MR) is 149 cm³/mol. The van der Waals surface area contributed by atoms with Crippen molar-refractivity contribution in [3.05, 3.63) is 77.1 Å². The van der Waals surface area contributed by atoms with E-state index in [0.717, 1.165) is 10.2 Å². The zero-order valence-electron chi connectivity index (χ0n) is 22.0. The van der Waals surface area contributed by atoms with Gasteiger partial charge in [-0.15, -0.1) is 0 Å². The van der Waals surface area contributed by atoms with E-state index in [1.807, 2.05) is 0 Å². The van der Waals surface area contributed by atoms with Crippen LogP contribution in [0.1, 0.15) is 26.7 Å². The maximum atomic E-state index is 14.0. The Morgan fingerprint density at radius 2 is 1.88 bits per heavy atom. The second-order valence-electron chi connectivity index (χ2n) is 9.63. The summed E-state index contributed by atoms with van der Waals surface area (Å²) in [6.45, 7) is 2.49. The number of imidazole rings is 1. The Labute approximate surface area is 241 Å². The molecule has 6 rings (SSSR count). The Hall–Kier alpha value is -4.69. The van der Waals surface area contributed by atoms with Crippen molar-refractivity contribution in [2.24, 2.45) is 7.05 Å². The zero-order valence-corrected chi connectivity index (χ0v) is 22.8. The number of anilines is 1. The van der Waals surface area contributed by atoms with Crippen LogP contribution >= 0.6 is 11.6 Å². The van der Waals surface area contributed by atoms with Crippen LogP contribution in [0.2, 0.25) is 5.02 Å². The summed E-state index contributed by atoms with van der Waals surface area (Å²) in [5.74, 6) is -0.844. The van der Waals surface area contributed by atoms with E-state index in [1.54, 1.807) is 29.3 Å². The lowest BCUT2D eigenvalue weighted by atomic mass is 10.1. The van der Waals surface area contributed by atoms with Gasteiger partial charge in [-0.1, -0.05) is 11.6 Å². The third-order valence-electron chi connectivity index (χ3n) is 6.94. The number of pyridine rings is 1. The number of H-pyrrole nitrogens is 1. The van der Waals surface area contributed by atoms with Crippen molar-refractivity contribution in [1.29, 1.82) is 0 Å². The molecule has 1 aliphatic rings. The van der Waals surface area contributed by atoms with Gasteiger partial charge in [-0.3, -0.25) is 9.59 Å². The minimum absolute atomic E-state index is 0.0245. The Bertz CT molecular complexity index is 1820. The lowest BCUT2D eigenvalue weighted by Gasteiger charge is -2.27. The quantitative estimate of drug-likeness (QED) is 0.280. The number of rotatable bonds is 5. The number of amides is 2. The number of carbonyl (C=O) groups excluding carboxylic acids is 2. The van der Waals surface area contributed by atoms with E-state index in [2.05, 4.69) is 30.7 Å². The predicted octanol–water partition coefficient (Wildman–Crippen LogP) is 4.12. The van der Waals surface area contributed by atoms with Gasteiger partial charge in [-0.2, -0.15) is 18.3 Å². The first kappa shape index (κ1) is 27.5. The fraction of sp³-hybridized carbons (Fsp3) is 0.222. The number of aromatic amines is 1. The molecule has 0 unspecified atom stereocenters. The first-order valence-corrected chi connectivity index (χ1v) is 13.2. The Morgan fingerprint density at radius 3 is 2.62 bits per heavy atom. The van der Waals surface area contributed by atoms with Crippen LogP contribution in [-0.4, -0.2) is 72.2 Å². The molecule has 5 aromatic rings. The summed E-state index contributed by atoms with van der Waals surface area (Å²) in [4.78, 5) is 39.0. The molecule has 3 N–H and O–H groups in total. The highest BCUT2D eigenvalue weighted by Crippen LogP contribution is 2.37. The van der Waals surface area contributed by atoms with Crippen LogP contribution in [0, 0.1) is 0 Å². The molecule has 11 nitrogen and oxygen atoms in total. The van der Waals surface area contributed by atoms with Gasteiger partial charge in [-0.05, 0) is 36.4 Å². The molecule has 1 saturated heterocycles. The molecule has 0 spiro atoms. The van der Waals surface area contributed by atoms with Crippen molar-refractivity contribution in [3.63, 3.8) is 0 Å². The van der Waals surface area contributed by atoms with Crippen molar-refractivity contribution in [2.45, 2.75) is 6.18 Å². The van der Waals surface area contributed by atoms with E-state index in [-0.39, 0.29) is 33.8 Å². The third kappa shape index (κ3) is 5.10. The molecule has 1 aliphatic heterocycles. The van der Waals surface area contributed by atoms with E-state index < -0.39 is 17.8 Å². The topological polar surface area (TPSA) is 126 Å². The SMILES string of the molecule is Cn1c(-c2cn(-c3ccc4[nH]ccc4n3)nc2C(F)(F)F)cnc1C(=O)Nc1ccc(C(=O)N2CCNCC2)c(Cl)c1. The number of benzene rings is 1. The van der Waals surface area contributed by atoms with Crippen LogP contribution in [0.3, 0.4) is 0 Å². The molecule has 4 aromatic heterocycles. The number of carbonyl (C=O) groups is 2. The molecule has 216 valence electrons. The summed E-state index contributed by atoms with van der Waals surface area (Å²) in [5, 5.41) is 9.75. The van der Waals surface area contributed by atoms with Crippen LogP contribution in [0.25, 0.3) is 28.1 Å². The molecular formula is C27H23ClF3N9O2. The van der Waals surface area contributed by atoms with Gasteiger partial charge in [0.2, 0.25) is 0 Å². The average molecular weight is 598 g/mol. The highest BCUT2D eigenvalue weighted by Gasteiger charge is 2.39. The monoisotopic (exact) mass is 597 g/mol. The number of nitrogens with zero attached hydrogens (tertiary/aromatic N) is 6. The fourth-order valence-corrected chi connectivity index (χ4v) is 5.06. The Kier molecular flexibility index (Phi) is 6.94. The van der Waals surface area contributed by atoms with Crippen LogP contribution in [0.15, 0.2) is 55.0 Å². The van der Waals surface area contributed by atoms with E-state index in [1.165, 1.54) is 42.2 Å². The maximum Gasteiger partial charge on any atom is 0.435 e. The van der Waals surface area contributed by atoms with Gasteiger partial charge in [0.1, 0.15) is 0 Å². The smallest absolute Gasteiger partial charge is 0.360 e. The first-order valence-electron chi connectivity index (χ1n) is 12.8. The number of aromatic nitrogens is 6. The molecule has 0 aliphatic carbocycles. The molecule has 0 bridgehead atoms. The summed E-state index contributed by atoms with van der Waals surface area (Å²) in [5.41, 5.74) is 0.497. The van der Waals surface area contributed by atoms with Crippen molar-refractivity contribution >= 4 is 40.1 Å². The number of halogens is 4. The van der Waals surface area contributed by atoms with Crippen LogP contribution in [0.5, 0.6) is 0 Å². The second-order valence-corrected chi connectivity index (χ2v) is 10.0. The fourth-order valence-electron chi connectivity index (χ4n) is 4.80. The van der Waals surface area contributed by atoms with E-state index in [0.29, 0.717) is 42.9 Å². The second kappa shape index (κ2) is 10.6. The number of hydrogen-bond acceptors (Lipinski definition) is 6. The summed E-state index contributed by atoms with van der Waals surface area (Å²) >= 11 is 6.37. The zero-order chi connectivity index (χ0) is 29.6. The van der Waals surface area contributed by atoms with Gasteiger partial charge in [0.15, 0.2) is 17.3 Å². The number of hydrogen-bond donors (Lipinski definition) is 3. The highest BCUT2D eigenvalue weighted by atomic mass is 35.5. The van der Waals surface area contributed by atoms with Gasteiger partial charge in [-0.25, -0.2) is 14.6 Å². The molecule has 1 aromatic carbocycles. The lowest BCUT2D eigenvalue weighted by Crippen LogP contribution is -2.46. The molecule has 2 amide bonds. The molecular weight excluding hydrogens is 575 g/mol. The number of alkyl halides is 3. The van der Waals surface area contributed by atoms with Gasteiger partial charge < -0.3 is 25.1 Å². The summed E-state index contributed by atoms with van der Waals surface area (Å²) in [6.07, 6.45) is -0.729. The molecule has 15 heteroatoms. The number of fused-ring (bicyclic) bond motifs is 1. The largest absolute Gasteiger partial charge is 0.435 e. The lowest BCUT2D eigenvalue weighted by molar-refractivity contribution is -0.140. The van der Waals surface area contributed by atoms with Crippen LogP contribution in [-0.2, 0) is 13.2 Å². The molecule has 0 atom stereocenters. The number of nitrogens with one attached hydrogen (secondary N) is 3. The van der Waals surface area contributed by atoms with Crippen LogP contribution < -0.4 is 10.6 Å². The summed E-state index contributed by atoms with van der Waals surface area (Å²) in [6, 6.07) is 9.44. The first-order chi connectivity index (χ1) is 20.1. The van der Waals surface area contributed by atoms with Crippen molar-refractivity contribution in [2.75, 3.05) is 31.5 Å². The molecule has 1 fully saturated rings. The van der Waals surface area contributed by atoms with Crippen LogP contribution in [0.4, 0.5) is 18.9 Å². The number of piperazine rings is 1. The molecule has 42 heavy (non-hydrogen) atoms. The van der Waals surface area contributed by atoms with E-state index >= 15 is 0 Å². The standard InChI is InChI=1S/C27H23ClF3N9O2/c1-38-21(17-14-40(37-23(17)27(29,30)31)22-5-4-19-20(36-22)6-7-33-19)13-34-24(38)25(41)35-15-2-3-16(18(28)12-15)26(42)39-10-8-32-9-11-39/h2-7,12-14,32-33H,8-11H2,1H3,(H,35,41).